The average Bonchev–Trinajstić information content (AvgIpc) is 3.47. The molecule has 4 N–H and O–H groups in total. The Morgan fingerprint density at radius 3 is 2.47 bits per heavy atom. The van der Waals surface area contributed by atoms with E-state index in [-0.39, 0.29) is 65.2 Å². The molecule has 1 aromatic heterocycles. The number of alkyl halides is 3. The zero-order chi connectivity index (χ0) is 40.8. The van der Waals surface area contributed by atoms with E-state index in [9.17, 15) is 37.4 Å². The molecule has 4 aliphatic rings. The molecule has 12 nitrogen and oxygen atoms in total. The molecule has 0 bridgehead atoms. The Hall–Kier alpha value is -3.82. The van der Waals surface area contributed by atoms with Gasteiger partial charge in [-0.2, -0.15) is 0 Å². The number of carbonyl (C=O) groups excluding carboxylic acids is 3. The molecule has 0 radical (unpaired) electrons. The van der Waals surface area contributed by atoms with Gasteiger partial charge in [-0.15, -0.1) is 11.3 Å². The van der Waals surface area contributed by atoms with Gasteiger partial charge in [0.2, 0.25) is 24.2 Å². The van der Waals surface area contributed by atoms with E-state index >= 15 is 4.39 Å². The van der Waals surface area contributed by atoms with Gasteiger partial charge in [0.25, 0.3) is 5.91 Å². The van der Waals surface area contributed by atoms with Crippen molar-refractivity contribution in [3.63, 3.8) is 0 Å². The minimum Gasteiger partial charge on any atom is -0.480 e. The Balaban J connectivity index is 1.12. The summed E-state index contributed by atoms with van der Waals surface area (Å²) in [4.78, 5) is 70.4. The topological polar surface area (TPSA) is 160 Å². The molecule has 4 heterocycles. The third-order valence-electron chi connectivity index (χ3n) is 12.4. The number of carboxylic acid groups (broad SMARTS) is 1. The lowest BCUT2D eigenvalue weighted by molar-refractivity contribution is -0.148. The summed E-state index contributed by atoms with van der Waals surface area (Å²) >= 11 is 1.08. The fraction of sp³-hybridized carbons (Fsp3) is 0.550. The molecule has 3 aromatic rings. The average molecular weight is 832 g/mol. The van der Waals surface area contributed by atoms with Gasteiger partial charge in [0.15, 0.2) is 0 Å². The molecule has 1 unspecified atom stereocenters. The van der Waals surface area contributed by atoms with Crippen molar-refractivity contribution in [1.29, 1.82) is 0 Å². The van der Waals surface area contributed by atoms with Crippen LogP contribution in [0, 0.1) is 0 Å². The Bertz CT molecular complexity index is 2050. The Morgan fingerprint density at radius 1 is 1.05 bits per heavy atom. The number of fused-ring (bicyclic) bond motifs is 2. The predicted molar refractivity (Wildman–Crippen MR) is 209 cm³/mol. The maximum absolute atomic E-state index is 15.3. The van der Waals surface area contributed by atoms with Gasteiger partial charge in [0.05, 0.1) is 4.88 Å². The molecule has 7 rings (SSSR count). The monoisotopic (exact) mass is 831 g/mol. The first kappa shape index (κ1) is 41.3. The molecule has 3 saturated heterocycles. The number of nitrogens with zero attached hydrogens (tertiary/aromatic N) is 3. The number of thiophene rings is 1. The normalized spacial score (nSPS) is 26.6. The third kappa shape index (κ3) is 8.66. The first-order chi connectivity index (χ1) is 27.1. The van der Waals surface area contributed by atoms with E-state index in [0.717, 1.165) is 37.5 Å². The molecule has 3 amide bonds. The van der Waals surface area contributed by atoms with E-state index in [0.29, 0.717) is 42.3 Å². The van der Waals surface area contributed by atoms with Crippen LogP contribution in [0.1, 0.15) is 97.3 Å². The molecule has 4 fully saturated rings. The SMILES string of the molecule is C[C@H](NP(=O)(O)[C@@H](F)c1ccc2sc(C(=O)N[C@H]3CC[C@H](N(C)CCC(F)F)C[C@H]4CC[C@@H](C(=O)N5C[C@H](c6ccccc6)CC56CC6)N4C3=O)cc2c1)C(=O)O. The Kier molecular flexibility index (Phi) is 11.9. The van der Waals surface area contributed by atoms with E-state index in [2.05, 4.69) is 17.4 Å². The van der Waals surface area contributed by atoms with Gasteiger partial charge in [-0.05, 0) is 100 Å². The highest BCUT2D eigenvalue weighted by Crippen LogP contribution is 2.55. The lowest BCUT2D eigenvalue weighted by Crippen LogP contribution is -2.59. The van der Waals surface area contributed by atoms with E-state index in [1.807, 2.05) is 33.1 Å². The summed E-state index contributed by atoms with van der Waals surface area (Å²) in [5, 5.41) is 14.4. The molecule has 8 atom stereocenters. The minimum absolute atomic E-state index is 0.0819. The van der Waals surface area contributed by atoms with Gasteiger partial charge in [0, 0.05) is 47.8 Å². The van der Waals surface area contributed by atoms with Crippen LogP contribution in [-0.2, 0) is 18.9 Å². The summed E-state index contributed by atoms with van der Waals surface area (Å²) in [5.41, 5.74) is 0.774. The van der Waals surface area contributed by atoms with Crippen molar-refractivity contribution in [3.8, 4) is 0 Å². The highest BCUT2D eigenvalue weighted by molar-refractivity contribution is 7.56. The molecule has 2 aromatic carbocycles. The molecular weight excluding hydrogens is 783 g/mol. The Labute approximate surface area is 333 Å². The Morgan fingerprint density at radius 2 is 1.79 bits per heavy atom. The van der Waals surface area contributed by atoms with Gasteiger partial charge < -0.3 is 30.0 Å². The quantitative estimate of drug-likeness (QED) is 0.146. The number of carboxylic acids is 1. The van der Waals surface area contributed by atoms with Crippen LogP contribution in [0.15, 0.2) is 54.6 Å². The number of carbonyl (C=O) groups is 4. The first-order valence-corrected chi connectivity index (χ1v) is 22.1. The van der Waals surface area contributed by atoms with Crippen LogP contribution >= 0.6 is 18.9 Å². The number of hydrogen-bond acceptors (Lipinski definition) is 7. The smallest absolute Gasteiger partial charge is 0.320 e. The highest BCUT2D eigenvalue weighted by atomic mass is 32.1. The minimum atomic E-state index is -4.80. The summed E-state index contributed by atoms with van der Waals surface area (Å²) in [6.45, 7) is 1.84. The number of amides is 3. The largest absolute Gasteiger partial charge is 0.480 e. The van der Waals surface area contributed by atoms with Crippen LogP contribution in [0.25, 0.3) is 10.1 Å². The number of halogens is 3. The number of likely N-dealkylation sites (tertiary alicyclic amines) is 1. The van der Waals surface area contributed by atoms with Gasteiger partial charge in [0.1, 0.15) is 18.1 Å². The number of nitrogens with one attached hydrogen (secondary N) is 2. The summed E-state index contributed by atoms with van der Waals surface area (Å²) in [6, 6.07) is 12.1. The number of rotatable bonds is 13. The van der Waals surface area contributed by atoms with Crippen LogP contribution < -0.4 is 10.4 Å². The molecule has 1 aliphatic carbocycles. The lowest BCUT2D eigenvalue weighted by Gasteiger charge is -2.41. The molecule has 1 saturated carbocycles. The van der Waals surface area contributed by atoms with Crippen molar-refractivity contribution in [2.75, 3.05) is 20.1 Å². The second kappa shape index (κ2) is 16.4. The van der Waals surface area contributed by atoms with Gasteiger partial charge in [-0.3, -0.25) is 23.7 Å². The molecule has 308 valence electrons. The van der Waals surface area contributed by atoms with Crippen molar-refractivity contribution < 1.29 is 46.9 Å². The second-order valence-corrected chi connectivity index (χ2v) is 19.2. The number of benzene rings is 2. The lowest BCUT2D eigenvalue weighted by atomic mass is 9.93. The van der Waals surface area contributed by atoms with Crippen molar-refractivity contribution in [2.45, 2.75) is 119 Å². The van der Waals surface area contributed by atoms with Gasteiger partial charge in [-0.1, -0.05) is 36.4 Å². The van der Waals surface area contributed by atoms with E-state index in [1.165, 1.54) is 29.8 Å². The summed E-state index contributed by atoms with van der Waals surface area (Å²) in [5.74, 6) is -4.68. The molecule has 17 heteroatoms. The summed E-state index contributed by atoms with van der Waals surface area (Å²) < 4.78 is 55.1. The third-order valence-corrected chi connectivity index (χ3v) is 15.1. The van der Waals surface area contributed by atoms with Crippen molar-refractivity contribution in [1.82, 2.24) is 25.1 Å². The summed E-state index contributed by atoms with van der Waals surface area (Å²) in [6.07, 6.45) is 2.15. The standard InChI is InChI=1S/C40H49F3N5O7PS/c1-23(39(52)53)45-56(54,55)35(43)25-8-13-32-26(18-25)19-33(57-32)36(49)44-30-11-9-28(46(2)17-14-34(41)42)20-29-10-12-31(48(29)37(30)50)38(51)47-22-27(21-40(47)15-16-40)24-6-4-3-5-7-24/h3-8,13,18-19,23,27-31,34-35H,9-12,14-17,20-22H2,1-2H3,(H,44,49)(H,52,53)(H2,45,54,55)/t23-,27+,28-,29+,30-,31-,35+/m0/s1. The van der Waals surface area contributed by atoms with Crippen molar-refractivity contribution in [2.24, 2.45) is 0 Å². The van der Waals surface area contributed by atoms with Crippen LogP contribution in [0.3, 0.4) is 0 Å². The predicted octanol–water partition coefficient (Wildman–Crippen LogP) is 6.26. The van der Waals surface area contributed by atoms with Gasteiger partial charge in [-0.25, -0.2) is 18.3 Å². The molecular formula is C40H49F3N5O7PS. The van der Waals surface area contributed by atoms with E-state index < -0.39 is 49.9 Å². The summed E-state index contributed by atoms with van der Waals surface area (Å²) in [7, 11) is -3.01. The van der Waals surface area contributed by atoms with Crippen LogP contribution in [0.5, 0.6) is 0 Å². The molecule has 57 heavy (non-hydrogen) atoms. The van der Waals surface area contributed by atoms with Crippen molar-refractivity contribution >= 4 is 52.6 Å². The number of aliphatic carboxylic acids is 1. The van der Waals surface area contributed by atoms with Gasteiger partial charge >= 0.3 is 13.5 Å². The maximum Gasteiger partial charge on any atom is 0.320 e. The highest BCUT2D eigenvalue weighted by Gasteiger charge is 2.58. The molecule has 1 spiro atoms. The molecule has 3 aliphatic heterocycles. The fourth-order valence-corrected chi connectivity index (χ4v) is 11.4. The second-order valence-electron chi connectivity index (χ2n) is 16.2. The number of hydrogen-bond donors (Lipinski definition) is 4. The van der Waals surface area contributed by atoms with Crippen molar-refractivity contribution in [3.05, 3.63) is 70.6 Å². The zero-order valence-electron chi connectivity index (χ0n) is 31.9. The van der Waals surface area contributed by atoms with Crippen LogP contribution in [0.4, 0.5) is 13.2 Å². The van der Waals surface area contributed by atoms with E-state index in [1.54, 1.807) is 11.9 Å². The maximum atomic E-state index is 15.3. The van der Waals surface area contributed by atoms with Crippen LogP contribution in [0.2, 0.25) is 0 Å². The van der Waals surface area contributed by atoms with Crippen LogP contribution in [-0.4, -0.2) is 111 Å². The van der Waals surface area contributed by atoms with E-state index in [4.69, 9.17) is 5.11 Å². The first-order valence-electron chi connectivity index (χ1n) is 19.6. The zero-order valence-corrected chi connectivity index (χ0v) is 33.6. The fourth-order valence-electron chi connectivity index (χ4n) is 9.07.